The van der Waals surface area contributed by atoms with Gasteiger partial charge >= 0.3 is 0 Å². The van der Waals surface area contributed by atoms with Crippen LogP contribution in [0.15, 0.2) is 0 Å². The largest absolute Gasteiger partial charge is 0.339 e. The molecule has 2 fully saturated rings. The van der Waals surface area contributed by atoms with Gasteiger partial charge in [0.25, 0.3) is 0 Å². The number of carbonyl (C=O) groups is 1. The number of nitrogens with one attached hydrogen (secondary N) is 1. The number of hydrogen-bond donors (Lipinski definition) is 1. The lowest BCUT2D eigenvalue weighted by Gasteiger charge is -2.39. The molecule has 0 spiro atoms. The zero-order valence-electron chi connectivity index (χ0n) is 12.4. The lowest BCUT2D eigenvalue weighted by atomic mass is 10.2. The zero-order chi connectivity index (χ0) is 13.7. The SMILES string of the molecule is CCCN1CCN(C(=O)C(C)N2CCNCC2)CC1. The van der Waals surface area contributed by atoms with Crippen molar-refractivity contribution >= 4 is 5.91 Å². The monoisotopic (exact) mass is 268 g/mol. The van der Waals surface area contributed by atoms with E-state index in [1.54, 1.807) is 0 Å². The Morgan fingerprint density at radius 1 is 1.11 bits per heavy atom. The molecule has 0 aliphatic carbocycles. The maximum atomic E-state index is 12.5. The van der Waals surface area contributed by atoms with Crippen molar-refractivity contribution in [2.24, 2.45) is 0 Å². The molecule has 5 heteroatoms. The summed E-state index contributed by atoms with van der Waals surface area (Å²) < 4.78 is 0. The highest BCUT2D eigenvalue weighted by Crippen LogP contribution is 2.09. The third-order valence-electron chi connectivity index (χ3n) is 4.28. The van der Waals surface area contributed by atoms with E-state index in [-0.39, 0.29) is 6.04 Å². The van der Waals surface area contributed by atoms with Crippen LogP contribution in [0.25, 0.3) is 0 Å². The molecule has 19 heavy (non-hydrogen) atoms. The van der Waals surface area contributed by atoms with E-state index >= 15 is 0 Å². The van der Waals surface area contributed by atoms with Crippen LogP contribution in [0.3, 0.4) is 0 Å². The van der Waals surface area contributed by atoms with E-state index in [0.717, 1.165) is 58.9 Å². The standard InChI is InChI=1S/C14H28N4O/c1-3-6-16-9-11-18(12-10-16)14(19)13(2)17-7-4-15-5-8-17/h13,15H,3-12H2,1-2H3. The average molecular weight is 268 g/mol. The molecule has 0 aromatic heterocycles. The number of carbonyl (C=O) groups excluding carboxylic acids is 1. The van der Waals surface area contributed by atoms with E-state index in [1.807, 2.05) is 0 Å². The number of amides is 1. The van der Waals surface area contributed by atoms with E-state index in [4.69, 9.17) is 0 Å². The number of rotatable bonds is 4. The molecule has 1 N–H and O–H groups in total. The van der Waals surface area contributed by atoms with Crippen molar-refractivity contribution in [3.05, 3.63) is 0 Å². The molecule has 2 aliphatic rings. The zero-order valence-corrected chi connectivity index (χ0v) is 12.4. The Balaban J connectivity index is 1.79. The van der Waals surface area contributed by atoms with Crippen LogP contribution in [0.1, 0.15) is 20.3 Å². The molecular formula is C14H28N4O. The van der Waals surface area contributed by atoms with Crippen molar-refractivity contribution in [3.8, 4) is 0 Å². The fourth-order valence-electron chi connectivity index (χ4n) is 3.00. The first-order chi connectivity index (χ1) is 9.22. The lowest BCUT2D eigenvalue weighted by molar-refractivity contribution is -0.138. The highest BCUT2D eigenvalue weighted by atomic mass is 16.2. The van der Waals surface area contributed by atoms with Gasteiger partial charge in [-0.3, -0.25) is 14.6 Å². The van der Waals surface area contributed by atoms with Crippen LogP contribution in [0, 0.1) is 0 Å². The Morgan fingerprint density at radius 2 is 1.74 bits per heavy atom. The normalized spacial score (nSPS) is 24.4. The summed E-state index contributed by atoms with van der Waals surface area (Å²) in [7, 11) is 0. The van der Waals surface area contributed by atoms with Gasteiger partial charge in [0.2, 0.25) is 5.91 Å². The summed E-state index contributed by atoms with van der Waals surface area (Å²) in [6.07, 6.45) is 1.20. The molecular weight excluding hydrogens is 240 g/mol. The fraction of sp³-hybridized carbons (Fsp3) is 0.929. The first kappa shape index (κ1) is 14.8. The third kappa shape index (κ3) is 3.91. The van der Waals surface area contributed by atoms with E-state index in [1.165, 1.54) is 6.42 Å². The second kappa shape index (κ2) is 7.22. The van der Waals surface area contributed by atoms with Crippen LogP contribution in [0.4, 0.5) is 0 Å². The summed E-state index contributed by atoms with van der Waals surface area (Å²) in [5.74, 6) is 0.318. The molecule has 0 saturated carbocycles. The lowest BCUT2D eigenvalue weighted by Crippen LogP contribution is -2.57. The highest BCUT2D eigenvalue weighted by molar-refractivity contribution is 5.81. The van der Waals surface area contributed by atoms with Gasteiger partial charge in [0.05, 0.1) is 6.04 Å². The molecule has 1 atom stereocenters. The fourth-order valence-corrected chi connectivity index (χ4v) is 3.00. The van der Waals surface area contributed by atoms with Crippen molar-refractivity contribution < 1.29 is 4.79 Å². The molecule has 1 amide bonds. The van der Waals surface area contributed by atoms with Crippen LogP contribution in [-0.2, 0) is 4.79 Å². The van der Waals surface area contributed by atoms with Crippen molar-refractivity contribution in [2.45, 2.75) is 26.3 Å². The average Bonchev–Trinajstić information content (AvgIpc) is 2.48. The predicted molar refractivity (Wildman–Crippen MR) is 77.2 cm³/mol. The maximum Gasteiger partial charge on any atom is 0.239 e. The Bertz CT molecular complexity index is 283. The van der Waals surface area contributed by atoms with Gasteiger partial charge in [-0.15, -0.1) is 0 Å². The van der Waals surface area contributed by atoms with Crippen molar-refractivity contribution in [2.75, 3.05) is 58.9 Å². The molecule has 2 saturated heterocycles. The summed E-state index contributed by atoms with van der Waals surface area (Å²) in [4.78, 5) is 19.3. The first-order valence-corrected chi connectivity index (χ1v) is 7.68. The topological polar surface area (TPSA) is 38.8 Å². The predicted octanol–water partition coefficient (Wildman–Crippen LogP) is -0.166. The Hall–Kier alpha value is -0.650. The second-order valence-electron chi connectivity index (χ2n) is 5.63. The van der Waals surface area contributed by atoms with Gasteiger partial charge in [0.1, 0.15) is 0 Å². The minimum atomic E-state index is 0.0415. The highest BCUT2D eigenvalue weighted by Gasteiger charge is 2.28. The minimum Gasteiger partial charge on any atom is -0.339 e. The Morgan fingerprint density at radius 3 is 2.32 bits per heavy atom. The van der Waals surface area contributed by atoms with Gasteiger partial charge in [0.15, 0.2) is 0 Å². The first-order valence-electron chi connectivity index (χ1n) is 7.68. The van der Waals surface area contributed by atoms with E-state index in [0.29, 0.717) is 5.91 Å². The third-order valence-corrected chi connectivity index (χ3v) is 4.28. The van der Waals surface area contributed by atoms with Crippen LogP contribution in [0.5, 0.6) is 0 Å². The summed E-state index contributed by atoms with van der Waals surface area (Å²) in [5, 5.41) is 3.33. The smallest absolute Gasteiger partial charge is 0.239 e. The summed E-state index contributed by atoms with van der Waals surface area (Å²) >= 11 is 0. The van der Waals surface area contributed by atoms with Crippen LogP contribution < -0.4 is 5.32 Å². The van der Waals surface area contributed by atoms with Gasteiger partial charge in [0, 0.05) is 52.4 Å². The molecule has 1 unspecified atom stereocenters. The summed E-state index contributed by atoms with van der Waals surface area (Å²) in [6, 6.07) is 0.0415. The van der Waals surface area contributed by atoms with Crippen LogP contribution >= 0.6 is 0 Å². The molecule has 0 aromatic carbocycles. The molecule has 0 radical (unpaired) electrons. The van der Waals surface area contributed by atoms with Crippen molar-refractivity contribution in [1.82, 2.24) is 20.0 Å². The van der Waals surface area contributed by atoms with Crippen LogP contribution in [0.2, 0.25) is 0 Å². The second-order valence-corrected chi connectivity index (χ2v) is 5.63. The van der Waals surface area contributed by atoms with Gasteiger partial charge in [-0.25, -0.2) is 0 Å². The molecule has 2 heterocycles. The Labute approximate surface area is 116 Å². The molecule has 2 aliphatic heterocycles. The minimum absolute atomic E-state index is 0.0415. The van der Waals surface area contributed by atoms with Crippen LogP contribution in [-0.4, -0.2) is 85.6 Å². The number of nitrogens with zero attached hydrogens (tertiary/aromatic N) is 3. The van der Waals surface area contributed by atoms with E-state index in [9.17, 15) is 4.79 Å². The summed E-state index contributed by atoms with van der Waals surface area (Å²) in [6.45, 7) is 13.3. The molecule has 5 nitrogen and oxygen atoms in total. The van der Waals surface area contributed by atoms with Gasteiger partial charge in [-0.05, 0) is 19.9 Å². The number of hydrogen-bond acceptors (Lipinski definition) is 4. The van der Waals surface area contributed by atoms with Gasteiger partial charge in [-0.2, -0.15) is 0 Å². The van der Waals surface area contributed by atoms with E-state index < -0.39 is 0 Å². The van der Waals surface area contributed by atoms with Gasteiger partial charge in [-0.1, -0.05) is 6.92 Å². The quantitative estimate of drug-likeness (QED) is 0.769. The molecule has 2 rings (SSSR count). The van der Waals surface area contributed by atoms with Gasteiger partial charge < -0.3 is 10.2 Å². The molecule has 0 aromatic rings. The van der Waals surface area contributed by atoms with Crippen molar-refractivity contribution in [1.29, 1.82) is 0 Å². The summed E-state index contributed by atoms with van der Waals surface area (Å²) in [5.41, 5.74) is 0. The molecule has 0 bridgehead atoms. The molecule has 110 valence electrons. The van der Waals surface area contributed by atoms with E-state index in [2.05, 4.69) is 33.9 Å². The number of piperazine rings is 2. The maximum absolute atomic E-state index is 12.5. The van der Waals surface area contributed by atoms with Crippen molar-refractivity contribution in [3.63, 3.8) is 0 Å². The Kier molecular flexibility index (Phi) is 5.60.